The van der Waals surface area contributed by atoms with E-state index in [0.717, 1.165) is 28.0 Å². The molecule has 1 unspecified atom stereocenters. The minimum Gasteiger partial charge on any atom is -0.396 e. The van der Waals surface area contributed by atoms with Crippen molar-refractivity contribution in [3.05, 3.63) is 101 Å². The normalized spacial score (nSPS) is 20.9. The summed E-state index contributed by atoms with van der Waals surface area (Å²) in [6.07, 6.45) is -0.680. The van der Waals surface area contributed by atoms with E-state index in [-0.39, 0.29) is 49.5 Å². The van der Waals surface area contributed by atoms with E-state index in [4.69, 9.17) is 9.47 Å². The first-order valence-corrected chi connectivity index (χ1v) is 14.2. The maximum atomic E-state index is 12.6. The van der Waals surface area contributed by atoms with Crippen LogP contribution in [0.15, 0.2) is 72.8 Å². The molecule has 4 atom stereocenters. The van der Waals surface area contributed by atoms with Gasteiger partial charge in [-0.15, -0.1) is 0 Å². The lowest BCUT2D eigenvalue weighted by Gasteiger charge is -2.41. The van der Waals surface area contributed by atoms with Gasteiger partial charge in [-0.2, -0.15) is 11.8 Å². The Balaban J connectivity index is 1.45. The van der Waals surface area contributed by atoms with Crippen LogP contribution in [0.4, 0.5) is 5.69 Å². The van der Waals surface area contributed by atoms with Crippen LogP contribution in [-0.2, 0) is 27.3 Å². The molecule has 3 aromatic rings. The Kier molecular flexibility index (Phi) is 10.3. The molecule has 3 aromatic carbocycles. The number of hydrogen-bond acceptors (Lipinski definition) is 7. The van der Waals surface area contributed by atoms with Gasteiger partial charge >= 0.3 is 0 Å². The molecular weight excluding hydrogens is 514 g/mol. The summed E-state index contributed by atoms with van der Waals surface area (Å²) in [4.78, 5) is 24.2. The fourth-order valence-corrected chi connectivity index (χ4v) is 5.48. The topological polar surface area (TPSA) is 105 Å². The molecule has 39 heavy (non-hydrogen) atoms. The predicted octanol–water partition coefficient (Wildman–Crippen LogP) is 5.08. The highest BCUT2D eigenvalue weighted by atomic mass is 32.2. The minimum atomic E-state index is -0.583. The van der Waals surface area contributed by atoms with Gasteiger partial charge in [-0.05, 0) is 35.7 Å². The van der Waals surface area contributed by atoms with Crippen molar-refractivity contribution in [2.24, 2.45) is 5.92 Å². The monoisotopic (exact) mass is 549 g/mol. The molecule has 7 nitrogen and oxygen atoms in total. The van der Waals surface area contributed by atoms with Crippen molar-refractivity contribution in [2.45, 2.75) is 45.4 Å². The largest absolute Gasteiger partial charge is 0.396 e. The van der Waals surface area contributed by atoms with Crippen molar-refractivity contribution in [1.29, 1.82) is 0 Å². The molecule has 1 fully saturated rings. The highest BCUT2D eigenvalue weighted by molar-refractivity contribution is 7.99. The SMILES string of the molecule is CC(=O)c1cccc(NC(=O)Cc2ccc(C3O[C@H](CSCCO)[C@H](C)[C@H](c4ccc(CO)cc4)O3)cc2)c1. The number of aliphatic hydroxyl groups excluding tert-OH is 2. The molecule has 0 aromatic heterocycles. The third-order valence-corrected chi connectivity index (χ3v) is 7.85. The summed E-state index contributed by atoms with van der Waals surface area (Å²) in [5.41, 5.74) is 4.70. The molecule has 1 saturated heterocycles. The van der Waals surface area contributed by atoms with E-state index >= 15 is 0 Å². The number of hydrogen-bond donors (Lipinski definition) is 3. The lowest BCUT2D eigenvalue weighted by molar-refractivity contribution is -0.268. The van der Waals surface area contributed by atoms with Crippen LogP contribution in [-0.4, -0.2) is 46.1 Å². The van der Waals surface area contributed by atoms with Crippen molar-refractivity contribution in [3.63, 3.8) is 0 Å². The summed E-state index contributed by atoms with van der Waals surface area (Å²) in [5, 5.41) is 21.5. The van der Waals surface area contributed by atoms with E-state index in [2.05, 4.69) is 12.2 Å². The van der Waals surface area contributed by atoms with Crippen LogP contribution in [0.25, 0.3) is 0 Å². The lowest BCUT2D eigenvalue weighted by Crippen LogP contribution is -2.38. The summed E-state index contributed by atoms with van der Waals surface area (Å²) in [6.45, 7) is 3.71. The van der Waals surface area contributed by atoms with Gasteiger partial charge in [0.15, 0.2) is 12.1 Å². The number of carbonyl (C=O) groups excluding carboxylic acids is 2. The van der Waals surface area contributed by atoms with E-state index in [1.165, 1.54) is 6.92 Å². The molecule has 1 heterocycles. The van der Waals surface area contributed by atoms with Crippen LogP contribution >= 0.6 is 11.8 Å². The molecule has 8 heteroatoms. The number of nitrogens with one attached hydrogen (secondary N) is 1. The smallest absolute Gasteiger partial charge is 0.228 e. The maximum absolute atomic E-state index is 12.6. The van der Waals surface area contributed by atoms with Gasteiger partial charge < -0.3 is 25.0 Å². The van der Waals surface area contributed by atoms with Gasteiger partial charge in [-0.3, -0.25) is 9.59 Å². The third kappa shape index (κ3) is 7.77. The Morgan fingerprint density at radius 1 is 0.923 bits per heavy atom. The number of amides is 1. The van der Waals surface area contributed by atoms with E-state index < -0.39 is 6.29 Å². The highest BCUT2D eigenvalue weighted by Crippen LogP contribution is 2.42. The number of carbonyl (C=O) groups is 2. The van der Waals surface area contributed by atoms with E-state index in [9.17, 15) is 19.8 Å². The Morgan fingerprint density at radius 3 is 2.28 bits per heavy atom. The molecule has 3 N–H and O–H groups in total. The zero-order chi connectivity index (χ0) is 27.8. The summed E-state index contributed by atoms with van der Waals surface area (Å²) >= 11 is 1.65. The summed E-state index contributed by atoms with van der Waals surface area (Å²) < 4.78 is 12.8. The predicted molar refractivity (Wildman–Crippen MR) is 153 cm³/mol. The average molecular weight is 550 g/mol. The first-order chi connectivity index (χ1) is 18.9. The average Bonchev–Trinajstić information content (AvgIpc) is 2.94. The number of Topliss-reactive ketones (excluding diaryl/α,β-unsaturated/α-hetero) is 1. The highest BCUT2D eigenvalue weighted by Gasteiger charge is 2.38. The molecule has 1 amide bonds. The van der Waals surface area contributed by atoms with Gasteiger partial charge in [-0.25, -0.2) is 0 Å². The number of thioether (sulfide) groups is 1. The molecule has 0 aliphatic carbocycles. The number of rotatable bonds is 11. The molecule has 1 aliphatic heterocycles. The Labute approximate surface area is 233 Å². The quantitative estimate of drug-likeness (QED) is 0.226. The number of anilines is 1. The minimum absolute atomic E-state index is 0.0112. The van der Waals surface area contributed by atoms with Crippen LogP contribution in [0.2, 0.25) is 0 Å². The first kappa shape index (κ1) is 29.0. The lowest BCUT2D eigenvalue weighted by atomic mass is 9.91. The number of ether oxygens (including phenoxy) is 2. The van der Waals surface area contributed by atoms with E-state index in [0.29, 0.717) is 17.0 Å². The van der Waals surface area contributed by atoms with Crippen molar-refractivity contribution in [1.82, 2.24) is 0 Å². The van der Waals surface area contributed by atoms with Gasteiger partial charge in [0.2, 0.25) is 5.91 Å². The molecule has 1 aliphatic rings. The maximum Gasteiger partial charge on any atom is 0.228 e. The second-order valence-corrected chi connectivity index (χ2v) is 10.9. The first-order valence-electron chi connectivity index (χ1n) is 13.1. The Morgan fingerprint density at radius 2 is 1.62 bits per heavy atom. The summed E-state index contributed by atoms with van der Waals surface area (Å²) in [5.74, 6) is 1.23. The number of benzene rings is 3. The van der Waals surface area contributed by atoms with Gasteiger partial charge in [0.05, 0.1) is 31.8 Å². The summed E-state index contributed by atoms with van der Waals surface area (Å²) in [7, 11) is 0. The summed E-state index contributed by atoms with van der Waals surface area (Å²) in [6, 6.07) is 22.3. The fraction of sp³-hybridized carbons (Fsp3) is 0.355. The van der Waals surface area contributed by atoms with Crippen molar-refractivity contribution in [3.8, 4) is 0 Å². The van der Waals surface area contributed by atoms with E-state index in [1.54, 1.807) is 36.0 Å². The van der Waals surface area contributed by atoms with Crippen molar-refractivity contribution >= 4 is 29.1 Å². The van der Waals surface area contributed by atoms with Gasteiger partial charge in [0.1, 0.15) is 0 Å². The molecule has 0 bridgehead atoms. The molecular formula is C31H35NO6S. The standard InChI is InChI=1S/C31H35NO6S/c1-20-28(19-39-15-14-33)37-31(38-30(20)24-10-8-23(18-34)9-11-24)25-12-6-22(7-13-25)16-29(36)32-27-5-3-4-26(17-27)21(2)35/h3-13,17,20,28,30-31,33-34H,14-16,18-19H2,1-2H3,(H,32,36)/t20-,28+,30+,31?/m0/s1. The molecule has 0 saturated carbocycles. The molecule has 4 rings (SSSR count). The van der Waals surface area contributed by atoms with Crippen molar-refractivity contribution in [2.75, 3.05) is 23.4 Å². The van der Waals surface area contributed by atoms with Crippen molar-refractivity contribution < 1.29 is 29.3 Å². The Bertz CT molecular complexity index is 1250. The molecule has 0 radical (unpaired) electrons. The number of aliphatic hydroxyl groups is 2. The molecule has 206 valence electrons. The van der Waals surface area contributed by atoms with Gasteiger partial charge in [0, 0.05) is 34.2 Å². The van der Waals surface area contributed by atoms with Crippen LogP contribution in [0.1, 0.15) is 58.9 Å². The molecule has 0 spiro atoms. The number of ketones is 1. The van der Waals surface area contributed by atoms with Gasteiger partial charge in [-0.1, -0.05) is 67.6 Å². The van der Waals surface area contributed by atoms with Crippen LogP contribution < -0.4 is 5.32 Å². The van der Waals surface area contributed by atoms with Crippen LogP contribution in [0.5, 0.6) is 0 Å². The second kappa shape index (κ2) is 13.9. The second-order valence-electron chi connectivity index (χ2n) is 9.72. The fourth-order valence-electron chi connectivity index (χ4n) is 4.57. The van der Waals surface area contributed by atoms with E-state index in [1.807, 2.05) is 48.5 Å². The zero-order valence-corrected chi connectivity index (χ0v) is 23.0. The van der Waals surface area contributed by atoms with Crippen LogP contribution in [0, 0.1) is 5.92 Å². The third-order valence-electron chi connectivity index (χ3n) is 6.81. The zero-order valence-electron chi connectivity index (χ0n) is 22.2. The van der Waals surface area contributed by atoms with Crippen LogP contribution in [0.3, 0.4) is 0 Å². The van der Waals surface area contributed by atoms with Gasteiger partial charge in [0.25, 0.3) is 0 Å². The Hall–Kier alpha value is -3.01.